The predicted molar refractivity (Wildman–Crippen MR) is 85.1 cm³/mol. The Labute approximate surface area is 125 Å². The molecule has 3 nitrogen and oxygen atoms in total. The zero-order chi connectivity index (χ0) is 14.7. The molecule has 0 saturated carbocycles. The number of hydrogen-bond donors (Lipinski definition) is 1. The molecule has 0 spiro atoms. The molecule has 0 saturated heterocycles. The van der Waals surface area contributed by atoms with Gasteiger partial charge in [-0.15, -0.1) is 0 Å². The van der Waals surface area contributed by atoms with Crippen LogP contribution in [0.5, 0.6) is 0 Å². The summed E-state index contributed by atoms with van der Waals surface area (Å²) in [6, 6.07) is 14.3. The molecule has 0 fully saturated rings. The minimum Gasteiger partial charge on any atom is -0.461 e. The van der Waals surface area contributed by atoms with Crippen LogP contribution in [0.25, 0.3) is 11.0 Å². The lowest BCUT2D eigenvalue weighted by molar-refractivity contribution is 0.543. The first-order valence-electron chi connectivity index (χ1n) is 7.40. The van der Waals surface area contributed by atoms with Gasteiger partial charge < -0.3 is 9.73 Å². The van der Waals surface area contributed by atoms with E-state index in [0.717, 1.165) is 42.2 Å². The zero-order valence-electron chi connectivity index (χ0n) is 12.5. The third-order valence-corrected chi connectivity index (χ3v) is 3.66. The lowest BCUT2D eigenvalue weighted by Gasteiger charge is -2.05. The van der Waals surface area contributed by atoms with E-state index in [1.807, 2.05) is 37.3 Å². The van der Waals surface area contributed by atoms with Gasteiger partial charge in [-0.2, -0.15) is 0 Å². The van der Waals surface area contributed by atoms with Crippen LogP contribution in [0.1, 0.15) is 29.6 Å². The normalized spacial score (nSPS) is 11.1. The number of aromatic nitrogens is 1. The molecule has 1 N–H and O–H groups in total. The molecule has 0 aliphatic heterocycles. The van der Waals surface area contributed by atoms with Gasteiger partial charge in [0, 0.05) is 36.2 Å². The van der Waals surface area contributed by atoms with Crippen molar-refractivity contribution in [3.05, 3.63) is 65.2 Å². The molecule has 0 atom stereocenters. The summed E-state index contributed by atoms with van der Waals surface area (Å²) < 4.78 is 5.91. The smallest absolute Gasteiger partial charge is 0.134 e. The minimum atomic E-state index is 0.768. The van der Waals surface area contributed by atoms with Crippen molar-refractivity contribution in [2.24, 2.45) is 0 Å². The number of para-hydroxylation sites is 1. The maximum atomic E-state index is 5.91. The Morgan fingerprint density at radius 2 is 1.90 bits per heavy atom. The summed E-state index contributed by atoms with van der Waals surface area (Å²) in [5.74, 6) is 1.07. The van der Waals surface area contributed by atoms with E-state index in [1.165, 1.54) is 10.9 Å². The van der Waals surface area contributed by atoms with Gasteiger partial charge in [0.1, 0.15) is 11.3 Å². The van der Waals surface area contributed by atoms with Crippen LogP contribution >= 0.6 is 0 Å². The lowest BCUT2D eigenvalue weighted by Crippen LogP contribution is -2.14. The number of aryl methyl sites for hydroxylation is 2. The van der Waals surface area contributed by atoms with Gasteiger partial charge >= 0.3 is 0 Å². The molecule has 0 aliphatic carbocycles. The highest BCUT2D eigenvalue weighted by Crippen LogP contribution is 2.26. The Balaban J connectivity index is 1.75. The highest BCUT2D eigenvalue weighted by atomic mass is 16.3. The van der Waals surface area contributed by atoms with Crippen LogP contribution < -0.4 is 5.32 Å². The number of nitrogens with zero attached hydrogens (tertiary/aromatic N) is 1. The number of hydrogen-bond acceptors (Lipinski definition) is 3. The molecule has 0 aliphatic rings. The molecule has 0 radical (unpaired) electrons. The van der Waals surface area contributed by atoms with Gasteiger partial charge in [-0.05, 0) is 25.1 Å². The van der Waals surface area contributed by atoms with Crippen molar-refractivity contribution >= 4 is 11.0 Å². The molecule has 1 aromatic carbocycles. The average molecular weight is 280 g/mol. The van der Waals surface area contributed by atoms with E-state index < -0.39 is 0 Å². The van der Waals surface area contributed by atoms with Crippen LogP contribution in [0.3, 0.4) is 0 Å². The number of nitrogens with one attached hydrogen (secondary N) is 1. The summed E-state index contributed by atoms with van der Waals surface area (Å²) in [5.41, 5.74) is 4.36. The quantitative estimate of drug-likeness (QED) is 0.768. The van der Waals surface area contributed by atoms with Crippen LogP contribution in [0.4, 0.5) is 0 Å². The molecule has 3 rings (SSSR count). The standard InChI is InChI=1S/C18H20N2O/c1-3-17-16(15-9-4-5-10-18(15)21-17)12-19-11-14-8-6-7-13(2)20-14/h4-10,19H,3,11-12H2,1-2H3. The summed E-state index contributed by atoms with van der Waals surface area (Å²) in [7, 11) is 0. The van der Waals surface area contributed by atoms with Gasteiger partial charge in [-0.3, -0.25) is 4.98 Å². The first kappa shape index (κ1) is 13.8. The Morgan fingerprint density at radius 1 is 1.05 bits per heavy atom. The number of fused-ring (bicyclic) bond motifs is 1. The molecule has 2 aromatic heterocycles. The maximum Gasteiger partial charge on any atom is 0.134 e. The molecule has 3 heteroatoms. The van der Waals surface area contributed by atoms with Gasteiger partial charge in [-0.25, -0.2) is 0 Å². The van der Waals surface area contributed by atoms with Crippen molar-refractivity contribution in [2.45, 2.75) is 33.4 Å². The van der Waals surface area contributed by atoms with Crippen molar-refractivity contribution in [1.29, 1.82) is 0 Å². The van der Waals surface area contributed by atoms with Gasteiger partial charge in [0.15, 0.2) is 0 Å². The number of benzene rings is 1. The summed E-state index contributed by atoms with van der Waals surface area (Å²) >= 11 is 0. The zero-order valence-corrected chi connectivity index (χ0v) is 12.5. The molecule has 108 valence electrons. The lowest BCUT2D eigenvalue weighted by atomic mass is 10.1. The second kappa shape index (κ2) is 6.10. The Kier molecular flexibility index (Phi) is 4.02. The molecule has 0 bridgehead atoms. The average Bonchev–Trinajstić information content (AvgIpc) is 2.86. The Hall–Kier alpha value is -2.13. The second-order valence-corrected chi connectivity index (χ2v) is 5.23. The highest BCUT2D eigenvalue weighted by Gasteiger charge is 2.11. The first-order chi connectivity index (χ1) is 10.3. The third-order valence-electron chi connectivity index (χ3n) is 3.66. The van der Waals surface area contributed by atoms with E-state index >= 15 is 0 Å². The van der Waals surface area contributed by atoms with E-state index in [9.17, 15) is 0 Å². The summed E-state index contributed by atoms with van der Waals surface area (Å²) in [5, 5.41) is 4.68. The van der Waals surface area contributed by atoms with Crippen molar-refractivity contribution in [2.75, 3.05) is 0 Å². The van der Waals surface area contributed by atoms with Crippen LogP contribution in [0, 0.1) is 6.92 Å². The predicted octanol–water partition coefficient (Wildman–Crippen LogP) is 3.99. The molecule has 0 amide bonds. The Bertz CT molecular complexity index is 746. The minimum absolute atomic E-state index is 0.768. The SMILES string of the molecule is CCc1oc2ccccc2c1CNCc1cccc(C)n1. The first-order valence-corrected chi connectivity index (χ1v) is 7.40. The van der Waals surface area contributed by atoms with E-state index in [1.54, 1.807) is 0 Å². The molecular weight excluding hydrogens is 260 g/mol. The summed E-state index contributed by atoms with van der Waals surface area (Å²) in [4.78, 5) is 4.51. The number of furan rings is 1. The topological polar surface area (TPSA) is 38.1 Å². The number of pyridine rings is 1. The van der Waals surface area contributed by atoms with E-state index in [-0.39, 0.29) is 0 Å². The molecule has 21 heavy (non-hydrogen) atoms. The van der Waals surface area contributed by atoms with Crippen molar-refractivity contribution in [3.8, 4) is 0 Å². The van der Waals surface area contributed by atoms with Crippen molar-refractivity contribution in [3.63, 3.8) is 0 Å². The van der Waals surface area contributed by atoms with E-state index in [2.05, 4.69) is 29.4 Å². The largest absolute Gasteiger partial charge is 0.461 e. The van der Waals surface area contributed by atoms with Crippen molar-refractivity contribution < 1.29 is 4.42 Å². The monoisotopic (exact) mass is 280 g/mol. The van der Waals surface area contributed by atoms with Gasteiger partial charge in [0.25, 0.3) is 0 Å². The summed E-state index contributed by atoms with van der Waals surface area (Å²) in [6.45, 7) is 5.71. The fraction of sp³-hybridized carbons (Fsp3) is 0.278. The molecule has 3 aromatic rings. The second-order valence-electron chi connectivity index (χ2n) is 5.23. The van der Waals surface area contributed by atoms with Crippen LogP contribution in [-0.2, 0) is 19.5 Å². The van der Waals surface area contributed by atoms with Crippen LogP contribution in [0.2, 0.25) is 0 Å². The molecular formula is C18H20N2O. The summed E-state index contributed by atoms with van der Waals surface area (Å²) in [6.07, 6.45) is 0.911. The van der Waals surface area contributed by atoms with E-state index in [4.69, 9.17) is 4.42 Å². The Morgan fingerprint density at radius 3 is 2.71 bits per heavy atom. The fourth-order valence-electron chi connectivity index (χ4n) is 2.64. The van der Waals surface area contributed by atoms with Crippen LogP contribution in [-0.4, -0.2) is 4.98 Å². The number of rotatable bonds is 5. The van der Waals surface area contributed by atoms with E-state index in [0.29, 0.717) is 0 Å². The van der Waals surface area contributed by atoms with Crippen molar-refractivity contribution in [1.82, 2.24) is 10.3 Å². The van der Waals surface area contributed by atoms with Gasteiger partial charge in [0.05, 0.1) is 5.69 Å². The highest BCUT2D eigenvalue weighted by molar-refractivity contribution is 5.82. The van der Waals surface area contributed by atoms with Gasteiger partial charge in [0.2, 0.25) is 0 Å². The molecule has 2 heterocycles. The molecule has 0 unspecified atom stereocenters. The maximum absolute atomic E-state index is 5.91. The van der Waals surface area contributed by atoms with Gasteiger partial charge in [-0.1, -0.05) is 31.2 Å². The van der Waals surface area contributed by atoms with Crippen LogP contribution in [0.15, 0.2) is 46.9 Å². The third kappa shape index (κ3) is 2.98. The fourth-order valence-corrected chi connectivity index (χ4v) is 2.64.